The molecule has 88 valence electrons. The van der Waals surface area contributed by atoms with Crippen molar-refractivity contribution in [2.75, 3.05) is 0 Å². The number of aryl methyl sites for hydroxylation is 2. The first-order valence-electron chi connectivity index (χ1n) is 5.48. The Morgan fingerprint density at radius 3 is 2.94 bits per heavy atom. The number of nitrogens with one attached hydrogen (secondary N) is 1. The van der Waals surface area contributed by atoms with Gasteiger partial charge in [0.15, 0.2) is 5.82 Å². The molecule has 0 spiro atoms. The maximum Gasteiger partial charge on any atom is 0.216 e. The van der Waals surface area contributed by atoms with Crippen molar-refractivity contribution in [3.8, 4) is 0 Å². The van der Waals surface area contributed by atoms with Crippen LogP contribution in [0.3, 0.4) is 0 Å². The first kappa shape index (κ1) is 11.7. The van der Waals surface area contributed by atoms with Gasteiger partial charge in [-0.05, 0) is 30.3 Å². The van der Waals surface area contributed by atoms with Crippen LogP contribution in [0.1, 0.15) is 23.9 Å². The Hall–Kier alpha value is -1.75. The second kappa shape index (κ2) is 5.05. The van der Waals surface area contributed by atoms with Gasteiger partial charge in [0.1, 0.15) is 0 Å². The summed E-state index contributed by atoms with van der Waals surface area (Å²) < 4.78 is 2.17. The van der Waals surface area contributed by atoms with Crippen molar-refractivity contribution >= 4 is 18.4 Å². The molecule has 17 heavy (non-hydrogen) atoms. The van der Waals surface area contributed by atoms with Gasteiger partial charge in [-0.1, -0.05) is 31.2 Å². The van der Waals surface area contributed by atoms with Crippen molar-refractivity contribution in [3.05, 3.63) is 46.0 Å². The summed E-state index contributed by atoms with van der Waals surface area (Å²) in [5, 5.41) is 11.2. The Morgan fingerprint density at radius 2 is 2.24 bits per heavy atom. The molecule has 4 nitrogen and oxygen atoms in total. The quantitative estimate of drug-likeness (QED) is 0.668. The number of H-pyrrole nitrogens is 1. The van der Waals surface area contributed by atoms with E-state index in [0.29, 0.717) is 4.77 Å². The molecule has 0 saturated carbocycles. The van der Waals surface area contributed by atoms with E-state index in [2.05, 4.69) is 28.3 Å². The van der Waals surface area contributed by atoms with Gasteiger partial charge in [-0.3, -0.25) is 5.10 Å². The Balaban J connectivity index is 2.35. The SMILES string of the molecule is CCc1n[nH]c(=S)n1/N=C/c1ccccc1C. The zero-order valence-corrected chi connectivity index (χ0v) is 10.7. The highest BCUT2D eigenvalue weighted by Gasteiger charge is 2.01. The van der Waals surface area contributed by atoms with Crippen molar-refractivity contribution in [3.63, 3.8) is 0 Å². The standard InChI is InChI=1S/C12H14N4S/c1-3-11-14-15-12(17)16(11)13-8-10-7-5-4-6-9(10)2/h4-8H,3H2,1-2H3,(H,15,17)/b13-8+. The molecule has 0 fully saturated rings. The lowest BCUT2D eigenvalue weighted by Gasteiger charge is -1.99. The van der Waals surface area contributed by atoms with E-state index in [1.807, 2.05) is 25.1 Å². The zero-order valence-electron chi connectivity index (χ0n) is 9.84. The fourth-order valence-corrected chi connectivity index (χ4v) is 1.72. The van der Waals surface area contributed by atoms with E-state index in [0.717, 1.165) is 17.8 Å². The highest BCUT2D eigenvalue weighted by Crippen LogP contribution is 2.05. The van der Waals surface area contributed by atoms with E-state index in [-0.39, 0.29) is 0 Å². The van der Waals surface area contributed by atoms with Gasteiger partial charge < -0.3 is 0 Å². The number of nitrogens with zero attached hydrogens (tertiary/aromatic N) is 3. The molecule has 0 aliphatic rings. The highest BCUT2D eigenvalue weighted by molar-refractivity contribution is 7.71. The fraction of sp³-hybridized carbons (Fsp3) is 0.250. The minimum Gasteiger partial charge on any atom is -0.250 e. The first-order valence-corrected chi connectivity index (χ1v) is 5.89. The molecule has 1 aromatic heterocycles. The Bertz CT molecular complexity index is 595. The summed E-state index contributed by atoms with van der Waals surface area (Å²) in [5.41, 5.74) is 2.27. The summed E-state index contributed by atoms with van der Waals surface area (Å²) in [4.78, 5) is 0. The van der Waals surface area contributed by atoms with Gasteiger partial charge in [-0.25, -0.2) is 0 Å². The number of hydrogen-bond donors (Lipinski definition) is 1. The van der Waals surface area contributed by atoms with Crippen LogP contribution in [0, 0.1) is 11.7 Å². The van der Waals surface area contributed by atoms with Crippen LogP contribution < -0.4 is 0 Å². The molecule has 0 radical (unpaired) electrons. The average Bonchev–Trinajstić information content (AvgIpc) is 2.69. The third-order valence-corrected chi connectivity index (χ3v) is 2.80. The Labute approximate surface area is 105 Å². The molecule has 0 atom stereocenters. The van der Waals surface area contributed by atoms with E-state index in [9.17, 15) is 0 Å². The molecule has 5 heteroatoms. The van der Waals surface area contributed by atoms with Gasteiger partial charge in [-0.2, -0.15) is 14.9 Å². The van der Waals surface area contributed by atoms with Gasteiger partial charge in [0.2, 0.25) is 4.77 Å². The number of aromatic nitrogens is 3. The maximum absolute atomic E-state index is 5.12. The lowest BCUT2D eigenvalue weighted by molar-refractivity contribution is 0.780. The molecule has 2 rings (SSSR count). The Morgan fingerprint density at radius 1 is 1.47 bits per heavy atom. The van der Waals surface area contributed by atoms with Crippen LogP contribution in [0.5, 0.6) is 0 Å². The van der Waals surface area contributed by atoms with E-state index in [1.54, 1.807) is 10.9 Å². The Kier molecular flexibility index (Phi) is 3.49. The van der Waals surface area contributed by atoms with E-state index in [4.69, 9.17) is 12.2 Å². The highest BCUT2D eigenvalue weighted by atomic mass is 32.1. The monoisotopic (exact) mass is 246 g/mol. The molecular formula is C12H14N4S. The largest absolute Gasteiger partial charge is 0.250 e. The fourth-order valence-electron chi connectivity index (χ4n) is 1.52. The third-order valence-electron chi connectivity index (χ3n) is 2.53. The third kappa shape index (κ3) is 2.50. The molecule has 1 heterocycles. The van der Waals surface area contributed by atoms with Crippen LogP contribution in [0.4, 0.5) is 0 Å². The molecule has 0 bridgehead atoms. The van der Waals surface area contributed by atoms with Crippen molar-refractivity contribution in [1.29, 1.82) is 0 Å². The summed E-state index contributed by atoms with van der Waals surface area (Å²) in [6, 6.07) is 8.07. The van der Waals surface area contributed by atoms with Crippen molar-refractivity contribution in [2.45, 2.75) is 20.3 Å². The molecule has 1 aromatic carbocycles. The minimum absolute atomic E-state index is 0.520. The number of hydrogen-bond acceptors (Lipinski definition) is 3. The molecule has 0 amide bonds. The van der Waals surface area contributed by atoms with Crippen molar-refractivity contribution < 1.29 is 0 Å². The summed E-state index contributed by atoms with van der Waals surface area (Å²) in [5.74, 6) is 0.833. The summed E-state index contributed by atoms with van der Waals surface area (Å²) in [7, 11) is 0. The average molecular weight is 246 g/mol. The molecule has 2 aromatic rings. The number of aromatic amines is 1. The van der Waals surface area contributed by atoms with Crippen molar-refractivity contribution in [2.24, 2.45) is 5.10 Å². The second-order valence-electron chi connectivity index (χ2n) is 3.71. The summed E-state index contributed by atoms with van der Waals surface area (Å²) in [6.45, 7) is 4.07. The second-order valence-corrected chi connectivity index (χ2v) is 4.10. The predicted octanol–water partition coefficient (Wildman–Crippen LogP) is 2.69. The molecule has 0 unspecified atom stereocenters. The molecule has 0 saturated heterocycles. The maximum atomic E-state index is 5.12. The van der Waals surface area contributed by atoms with Gasteiger partial charge >= 0.3 is 0 Å². The number of rotatable bonds is 3. The van der Waals surface area contributed by atoms with E-state index >= 15 is 0 Å². The summed E-state index contributed by atoms with van der Waals surface area (Å²) in [6.07, 6.45) is 2.60. The lowest BCUT2D eigenvalue weighted by atomic mass is 10.1. The topological polar surface area (TPSA) is 46.0 Å². The smallest absolute Gasteiger partial charge is 0.216 e. The van der Waals surface area contributed by atoms with Gasteiger partial charge in [-0.15, -0.1) is 0 Å². The van der Waals surface area contributed by atoms with Crippen molar-refractivity contribution in [1.82, 2.24) is 14.9 Å². The van der Waals surface area contributed by atoms with Crippen LogP contribution in [0.25, 0.3) is 0 Å². The van der Waals surface area contributed by atoms with Crippen LogP contribution in [0.15, 0.2) is 29.4 Å². The van der Waals surface area contributed by atoms with E-state index in [1.165, 1.54) is 5.56 Å². The minimum atomic E-state index is 0.520. The molecule has 0 aliphatic heterocycles. The van der Waals surface area contributed by atoms with Gasteiger partial charge in [0, 0.05) is 6.42 Å². The van der Waals surface area contributed by atoms with E-state index < -0.39 is 0 Å². The lowest BCUT2D eigenvalue weighted by Crippen LogP contribution is -1.98. The van der Waals surface area contributed by atoms with Crippen LogP contribution in [-0.4, -0.2) is 21.1 Å². The molecular weight excluding hydrogens is 232 g/mol. The molecule has 0 aliphatic carbocycles. The molecule has 1 N–H and O–H groups in total. The summed E-state index contributed by atoms with van der Waals surface area (Å²) >= 11 is 5.12. The number of benzene rings is 1. The normalized spacial score (nSPS) is 11.2. The zero-order chi connectivity index (χ0) is 12.3. The van der Waals surface area contributed by atoms with Crippen LogP contribution >= 0.6 is 12.2 Å². The van der Waals surface area contributed by atoms with Crippen LogP contribution in [0.2, 0.25) is 0 Å². The first-order chi connectivity index (χ1) is 8.22. The van der Waals surface area contributed by atoms with Gasteiger partial charge in [0.25, 0.3) is 0 Å². The van der Waals surface area contributed by atoms with Crippen LogP contribution in [-0.2, 0) is 6.42 Å². The van der Waals surface area contributed by atoms with Gasteiger partial charge in [0.05, 0.1) is 6.21 Å². The predicted molar refractivity (Wildman–Crippen MR) is 71.0 cm³/mol.